The van der Waals surface area contributed by atoms with Gasteiger partial charge in [-0.1, -0.05) is 19.4 Å². The molecule has 15 nitrogen and oxygen atoms in total. The van der Waals surface area contributed by atoms with Gasteiger partial charge >= 0.3 is 0 Å². The number of hydrogen-bond acceptors (Lipinski definition) is 11. The number of nitrogens with zero attached hydrogens (tertiary/aromatic N) is 8. The zero-order valence-corrected chi connectivity index (χ0v) is 36.7. The SMILES string of the molecule is CNC(=O)C(CCC=O)N(C=O)c1ccc(CCCCC(=O)N2CC3(CN(SN4CCC(N=CC5=C(/N=C/N)N(C6CCCC6C)C(=O)C56CC6)CC4)C3)C2)cc1N(C)C. The van der Waals surface area contributed by atoms with Crippen molar-refractivity contribution in [2.75, 3.05) is 70.2 Å². The van der Waals surface area contributed by atoms with Gasteiger partial charge in [-0.3, -0.25) is 29.1 Å². The lowest BCUT2D eigenvalue weighted by molar-refractivity contribution is -0.151. The Balaban J connectivity index is 0.814. The number of aliphatic imine (C=N–C) groups is 2. The second kappa shape index (κ2) is 18.8. The van der Waals surface area contributed by atoms with Crippen LogP contribution in [0.25, 0.3) is 0 Å². The number of aryl methyl sites for hydroxylation is 1. The topological polar surface area (TPSA) is 168 Å². The van der Waals surface area contributed by atoms with E-state index in [-0.39, 0.29) is 48.1 Å². The van der Waals surface area contributed by atoms with Crippen molar-refractivity contribution >= 4 is 66.5 Å². The normalized spacial score (nSPS) is 24.4. The predicted molar refractivity (Wildman–Crippen MR) is 236 cm³/mol. The smallest absolute Gasteiger partial charge is 0.242 e. The fraction of sp³-hybridized carbons (Fsp3) is 0.659. The van der Waals surface area contributed by atoms with E-state index in [1.165, 1.54) is 18.3 Å². The Morgan fingerprint density at radius 2 is 1.78 bits per heavy atom. The summed E-state index contributed by atoms with van der Waals surface area (Å²) in [5, 5.41) is 2.61. The van der Waals surface area contributed by atoms with Crippen LogP contribution < -0.4 is 20.9 Å². The Kier molecular flexibility index (Phi) is 13.7. The summed E-state index contributed by atoms with van der Waals surface area (Å²) in [6, 6.07) is 5.49. The number of anilines is 2. The molecule has 4 heterocycles. The molecule has 3 unspecified atom stereocenters. The van der Waals surface area contributed by atoms with Crippen molar-refractivity contribution in [3.8, 4) is 0 Å². The number of amides is 4. The minimum absolute atomic E-state index is 0.170. The average molecular weight is 845 g/mol. The van der Waals surface area contributed by atoms with Crippen LogP contribution in [0.2, 0.25) is 0 Å². The molecule has 0 radical (unpaired) electrons. The van der Waals surface area contributed by atoms with E-state index in [0.29, 0.717) is 24.4 Å². The number of rotatable bonds is 19. The van der Waals surface area contributed by atoms with Crippen LogP contribution in [-0.2, 0) is 30.4 Å². The van der Waals surface area contributed by atoms with Crippen molar-refractivity contribution in [3.63, 3.8) is 0 Å². The van der Waals surface area contributed by atoms with Crippen molar-refractivity contribution in [3.05, 3.63) is 35.2 Å². The number of benzene rings is 1. The molecule has 7 rings (SSSR count). The van der Waals surface area contributed by atoms with Gasteiger partial charge < -0.3 is 30.5 Å². The van der Waals surface area contributed by atoms with E-state index in [2.05, 4.69) is 25.8 Å². The first-order valence-corrected chi connectivity index (χ1v) is 22.7. The number of aldehydes is 1. The van der Waals surface area contributed by atoms with Crippen LogP contribution in [0.1, 0.15) is 89.5 Å². The summed E-state index contributed by atoms with van der Waals surface area (Å²) < 4.78 is 4.87. The molecule has 4 aliphatic heterocycles. The zero-order valence-electron chi connectivity index (χ0n) is 35.9. The van der Waals surface area contributed by atoms with Gasteiger partial charge in [0.05, 0.1) is 29.2 Å². The molecular weight excluding hydrogens is 781 g/mol. The van der Waals surface area contributed by atoms with Crippen molar-refractivity contribution in [2.24, 2.45) is 32.5 Å². The molecule has 2 spiro atoms. The molecule has 3 saturated heterocycles. The van der Waals surface area contributed by atoms with E-state index in [1.54, 1.807) is 0 Å². The van der Waals surface area contributed by atoms with E-state index >= 15 is 0 Å². The third kappa shape index (κ3) is 9.01. The van der Waals surface area contributed by atoms with Gasteiger partial charge in [0.1, 0.15) is 18.1 Å². The highest BCUT2D eigenvalue weighted by Crippen LogP contribution is 2.59. The summed E-state index contributed by atoms with van der Waals surface area (Å²) in [7, 11) is 5.31. The van der Waals surface area contributed by atoms with Gasteiger partial charge in [-0.05, 0) is 87.8 Å². The molecule has 0 aromatic heterocycles. The minimum Gasteiger partial charge on any atom is -0.390 e. The van der Waals surface area contributed by atoms with Crippen molar-refractivity contribution < 1.29 is 24.0 Å². The maximum atomic E-state index is 13.7. The minimum atomic E-state index is -0.791. The first-order chi connectivity index (χ1) is 29.0. The number of likely N-dealkylation sites (tertiary alicyclic amines) is 1. The van der Waals surface area contributed by atoms with E-state index in [0.717, 1.165) is 132 Å². The predicted octanol–water partition coefficient (Wildman–Crippen LogP) is 3.77. The number of piperidine rings is 1. The molecule has 60 heavy (non-hydrogen) atoms. The third-order valence-corrected chi connectivity index (χ3v) is 14.8. The molecule has 2 saturated carbocycles. The van der Waals surface area contributed by atoms with Crippen molar-refractivity contribution in [2.45, 2.75) is 109 Å². The summed E-state index contributed by atoms with van der Waals surface area (Å²) >= 11 is 1.84. The molecule has 3 atom stereocenters. The second-order valence-corrected chi connectivity index (χ2v) is 19.3. The van der Waals surface area contributed by atoms with Gasteiger partial charge in [0, 0.05) is 109 Å². The van der Waals surface area contributed by atoms with Crippen LogP contribution in [0.15, 0.2) is 39.6 Å². The Morgan fingerprint density at radius 3 is 2.40 bits per heavy atom. The summed E-state index contributed by atoms with van der Waals surface area (Å²) in [6.45, 7) is 7.82. The quantitative estimate of drug-likeness (QED) is 0.0688. The Hall–Kier alpha value is -4.28. The van der Waals surface area contributed by atoms with Gasteiger partial charge in [-0.25, -0.2) is 13.6 Å². The van der Waals surface area contributed by atoms with E-state index < -0.39 is 11.5 Å². The van der Waals surface area contributed by atoms with Gasteiger partial charge in [-0.15, -0.1) is 0 Å². The average Bonchev–Trinajstić information content (AvgIpc) is 3.86. The Labute approximate surface area is 359 Å². The molecule has 1 aromatic rings. The lowest BCUT2D eigenvalue weighted by atomic mass is 9.74. The fourth-order valence-electron chi connectivity index (χ4n) is 10.1. The van der Waals surface area contributed by atoms with Gasteiger partial charge in [0.25, 0.3) is 0 Å². The van der Waals surface area contributed by atoms with E-state index in [9.17, 15) is 24.0 Å². The van der Waals surface area contributed by atoms with E-state index in [4.69, 9.17) is 10.7 Å². The number of nitrogens with two attached hydrogens (primary N) is 1. The molecule has 1 aromatic carbocycles. The Morgan fingerprint density at radius 1 is 1.03 bits per heavy atom. The Bertz CT molecular complexity index is 1860. The van der Waals surface area contributed by atoms with Crippen molar-refractivity contribution in [1.29, 1.82) is 0 Å². The first-order valence-electron chi connectivity index (χ1n) is 22.0. The number of hydrogen-bond donors (Lipinski definition) is 2. The number of carbonyl (C=O) groups excluding carboxylic acids is 5. The summed E-state index contributed by atoms with van der Waals surface area (Å²) in [4.78, 5) is 79.7. The zero-order chi connectivity index (χ0) is 42.6. The summed E-state index contributed by atoms with van der Waals surface area (Å²) in [5.74, 6) is 1.29. The van der Waals surface area contributed by atoms with Crippen LogP contribution in [0, 0.1) is 16.7 Å². The highest BCUT2D eigenvalue weighted by atomic mass is 32.2. The third-order valence-electron chi connectivity index (χ3n) is 13.7. The monoisotopic (exact) mass is 844 g/mol. The van der Waals surface area contributed by atoms with Gasteiger partial charge in [-0.2, -0.15) is 0 Å². The fourth-order valence-corrected chi connectivity index (χ4v) is 11.4. The molecule has 0 bridgehead atoms. The first kappa shape index (κ1) is 43.8. The molecule has 5 fully saturated rings. The van der Waals surface area contributed by atoms with Crippen molar-refractivity contribution in [1.82, 2.24) is 23.7 Å². The molecular formula is C44H64N10O5S. The lowest BCUT2D eigenvalue weighted by Gasteiger charge is -2.60. The maximum absolute atomic E-state index is 13.7. The largest absolute Gasteiger partial charge is 0.390 e. The molecule has 16 heteroatoms. The molecule has 326 valence electrons. The van der Waals surface area contributed by atoms with Gasteiger partial charge in [0.2, 0.25) is 24.1 Å². The second-order valence-electron chi connectivity index (χ2n) is 18.1. The van der Waals surface area contributed by atoms with Crippen LogP contribution in [0.5, 0.6) is 0 Å². The number of unbranched alkanes of at least 4 members (excludes halogenated alkanes) is 1. The van der Waals surface area contributed by atoms with Gasteiger partial charge in [0.15, 0.2) is 0 Å². The standard InChI is InChI=1S/C44H64N10O5S/c1-31-9-7-11-35(31)54-40(48-29-45)34(44(18-19-44)42(54)59)24-47-33-16-20-51(21-17-33)60-52-27-43(28-52)25-50(26-43)39(57)13-6-5-10-32-14-15-36(38(23-32)49(3)4)53(30-56)37(12-8-22-55)41(58)46-2/h14-15,22-24,29-31,33,35,37H,5-13,16-21,25-28H2,1-4H3,(H2,45,48)(H,46,58). The number of nitrogens with one attached hydrogen (secondary N) is 1. The summed E-state index contributed by atoms with van der Waals surface area (Å²) in [5.41, 5.74) is 9.05. The highest BCUT2D eigenvalue weighted by Gasteiger charge is 2.62. The van der Waals surface area contributed by atoms with Crippen LogP contribution in [0.4, 0.5) is 11.4 Å². The molecule has 2 aliphatic carbocycles. The number of carbonyl (C=O) groups is 5. The number of likely N-dealkylation sites (N-methyl/N-ethyl adjacent to an activating group) is 1. The van der Waals surface area contributed by atoms with E-state index in [1.807, 2.05) is 65.3 Å². The van der Waals surface area contributed by atoms with Crippen LogP contribution in [0.3, 0.4) is 0 Å². The molecule has 3 N–H and O–H groups in total. The molecule has 6 aliphatic rings. The maximum Gasteiger partial charge on any atom is 0.242 e. The van der Waals surface area contributed by atoms with Crippen LogP contribution in [-0.4, -0.2) is 140 Å². The van der Waals surface area contributed by atoms with Crippen LogP contribution >= 0.6 is 12.1 Å². The molecule has 4 amide bonds. The lowest BCUT2D eigenvalue weighted by Crippen LogP contribution is -2.71. The highest BCUT2D eigenvalue weighted by molar-refractivity contribution is 7.94. The summed E-state index contributed by atoms with van der Waals surface area (Å²) in [6.07, 6.45) is 15.1.